The molecule has 1 saturated heterocycles. The fourth-order valence-corrected chi connectivity index (χ4v) is 2.13. The van der Waals surface area contributed by atoms with E-state index in [2.05, 4.69) is 15.0 Å². The molecule has 3 rings (SSSR count). The summed E-state index contributed by atoms with van der Waals surface area (Å²) in [4.78, 5) is 12.1. The Morgan fingerprint density at radius 2 is 2.28 bits per heavy atom. The van der Waals surface area contributed by atoms with E-state index in [0.717, 1.165) is 0 Å². The number of hydrogen-bond acceptors (Lipinski definition) is 7. The van der Waals surface area contributed by atoms with Crippen molar-refractivity contribution in [3.63, 3.8) is 0 Å². The summed E-state index contributed by atoms with van der Waals surface area (Å²) < 4.78 is 7.22. The molecule has 1 fully saturated rings. The third-order valence-corrected chi connectivity index (χ3v) is 3.08. The van der Waals surface area contributed by atoms with Crippen LogP contribution >= 0.6 is 0 Å². The topological polar surface area (TPSA) is 119 Å². The smallest absolute Gasteiger partial charge is 0.167 e. The van der Waals surface area contributed by atoms with E-state index in [1.165, 1.54) is 6.33 Å². The molecule has 1 aliphatic rings. The maximum absolute atomic E-state index is 9.71. The lowest BCUT2D eigenvalue weighted by atomic mass is 10.2. The second kappa shape index (κ2) is 4.16. The summed E-state index contributed by atoms with van der Waals surface area (Å²) in [6.07, 6.45) is 1.60. The lowest BCUT2D eigenvalue weighted by Gasteiger charge is -2.13. The number of aliphatic hydroxyl groups is 2. The monoisotopic (exact) mass is 252 g/mol. The Labute approximate surface area is 102 Å². The minimum absolute atomic E-state index is 0.221. The van der Waals surface area contributed by atoms with Crippen molar-refractivity contribution in [1.82, 2.24) is 19.5 Å². The van der Waals surface area contributed by atoms with Crippen molar-refractivity contribution < 1.29 is 14.9 Å². The minimum Gasteiger partial charge on any atom is -0.394 e. The van der Waals surface area contributed by atoms with E-state index in [-0.39, 0.29) is 6.61 Å². The third kappa shape index (κ3) is 1.62. The van der Waals surface area contributed by atoms with Gasteiger partial charge in [0.15, 0.2) is 11.5 Å². The van der Waals surface area contributed by atoms with Gasteiger partial charge in [0.2, 0.25) is 0 Å². The Bertz CT molecular complexity index is 572. The number of nitrogens with zero attached hydrogens (tertiary/aromatic N) is 4. The standard InChI is InChI=1S/C10H13N5O3/c11-9-8-10(13-3-12-9)15(4-14-8)7-1-5(17)6(2-16)18-7/h3-7,16-17H,1-2H2,(H2,11,12,13)/t5-,6+,7+/m0/s1/i14+1. The number of nitrogen functional groups attached to an aromatic ring is 1. The first-order valence-corrected chi connectivity index (χ1v) is 5.58. The molecule has 96 valence electrons. The molecule has 2 aromatic rings. The maximum Gasteiger partial charge on any atom is 0.167 e. The molecule has 1 aliphatic heterocycles. The largest absolute Gasteiger partial charge is 0.394 e. The van der Waals surface area contributed by atoms with E-state index >= 15 is 0 Å². The van der Waals surface area contributed by atoms with Gasteiger partial charge in [0.05, 0.1) is 19.0 Å². The van der Waals surface area contributed by atoms with Crippen LogP contribution < -0.4 is 5.73 Å². The Kier molecular flexibility index (Phi) is 2.62. The number of hydrogen-bond donors (Lipinski definition) is 3. The van der Waals surface area contributed by atoms with Crippen LogP contribution in [0.15, 0.2) is 12.7 Å². The molecule has 4 N–H and O–H groups in total. The van der Waals surface area contributed by atoms with Crippen molar-refractivity contribution in [3.05, 3.63) is 12.7 Å². The van der Waals surface area contributed by atoms with Crippen LogP contribution in [0.3, 0.4) is 0 Å². The van der Waals surface area contributed by atoms with Crippen molar-refractivity contribution in [1.29, 1.82) is 0 Å². The first kappa shape index (κ1) is 11.3. The molecule has 0 amide bonds. The highest BCUT2D eigenvalue weighted by Gasteiger charge is 2.35. The predicted octanol–water partition coefficient (Wildman–Crippen LogP) is -0.951. The molecule has 0 unspecified atom stereocenters. The van der Waals surface area contributed by atoms with Crippen molar-refractivity contribution in [2.45, 2.75) is 24.9 Å². The van der Waals surface area contributed by atoms with Gasteiger partial charge >= 0.3 is 0 Å². The van der Waals surface area contributed by atoms with Crippen molar-refractivity contribution >= 4 is 17.0 Å². The van der Waals surface area contributed by atoms with E-state index in [1.54, 1.807) is 10.9 Å². The number of ether oxygens (including phenoxy) is 1. The van der Waals surface area contributed by atoms with Crippen LogP contribution in [0.1, 0.15) is 12.6 Å². The van der Waals surface area contributed by atoms with Crippen molar-refractivity contribution in [2.75, 3.05) is 12.3 Å². The molecule has 2 aromatic heterocycles. The lowest BCUT2D eigenvalue weighted by Crippen LogP contribution is -2.24. The molecule has 0 aromatic carbocycles. The summed E-state index contributed by atoms with van der Waals surface area (Å²) in [5.74, 6) is 0.302. The van der Waals surface area contributed by atoms with Gasteiger partial charge in [-0.3, -0.25) is 4.57 Å². The summed E-state index contributed by atoms with van der Waals surface area (Å²) in [6, 6.07) is 0. The number of anilines is 1. The van der Waals surface area contributed by atoms with Crippen molar-refractivity contribution in [2.24, 2.45) is 0 Å². The first-order chi connectivity index (χ1) is 8.70. The van der Waals surface area contributed by atoms with Gasteiger partial charge in [-0.15, -0.1) is 0 Å². The summed E-state index contributed by atoms with van der Waals surface area (Å²) in [6.45, 7) is -0.221. The molecule has 18 heavy (non-hydrogen) atoms. The minimum atomic E-state index is -0.698. The van der Waals surface area contributed by atoms with E-state index in [9.17, 15) is 5.11 Å². The van der Waals surface area contributed by atoms with Crippen LogP contribution in [0, 0.1) is 0 Å². The van der Waals surface area contributed by atoms with Crippen molar-refractivity contribution in [3.8, 4) is 0 Å². The van der Waals surface area contributed by atoms with Gasteiger partial charge in [-0.1, -0.05) is 0 Å². The Morgan fingerprint density at radius 3 is 3.00 bits per heavy atom. The highest BCUT2D eigenvalue weighted by atomic mass is 16.5. The van der Waals surface area contributed by atoms with Crippen LogP contribution in [0.5, 0.6) is 0 Å². The lowest BCUT2D eigenvalue weighted by molar-refractivity contribution is -0.0432. The number of fused-ring (bicyclic) bond motifs is 1. The summed E-state index contributed by atoms with van der Waals surface area (Å²) in [5.41, 5.74) is 6.75. The molecule has 0 bridgehead atoms. The van der Waals surface area contributed by atoms with Crippen LogP contribution in [0.25, 0.3) is 11.2 Å². The number of aromatic nitrogens is 4. The second-order valence-corrected chi connectivity index (χ2v) is 4.20. The fraction of sp³-hybridized carbons (Fsp3) is 0.500. The van der Waals surface area contributed by atoms with Gasteiger partial charge < -0.3 is 20.7 Å². The Hall–Kier alpha value is -1.77. The maximum atomic E-state index is 9.71. The molecule has 8 heteroatoms. The number of imidazole rings is 1. The molecule has 3 atom stereocenters. The highest BCUT2D eigenvalue weighted by molar-refractivity contribution is 5.81. The van der Waals surface area contributed by atoms with E-state index in [1.807, 2.05) is 0 Å². The van der Waals surface area contributed by atoms with Crippen LogP contribution in [0.4, 0.5) is 5.82 Å². The molecule has 0 spiro atoms. The van der Waals surface area contributed by atoms with Crippen LogP contribution in [-0.2, 0) is 4.74 Å². The molecular formula is C10H13N5O3. The zero-order valence-corrected chi connectivity index (χ0v) is 9.47. The molecule has 0 radical (unpaired) electrons. The van der Waals surface area contributed by atoms with Gasteiger partial charge in [-0.25, -0.2) is 15.0 Å². The molecule has 3 heterocycles. The van der Waals surface area contributed by atoms with Gasteiger partial charge in [0.1, 0.15) is 24.2 Å². The second-order valence-electron chi connectivity index (χ2n) is 4.20. The predicted molar refractivity (Wildman–Crippen MR) is 61.4 cm³/mol. The average molecular weight is 252 g/mol. The molecule has 0 saturated carbocycles. The Balaban J connectivity index is 1.99. The van der Waals surface area contributed by atoms with E-state index < -0.39 is 18.4 Å². The average Bonchev–Trinajstić information content (AvgIpc) is 2.93. The number of rotatable bonds is 2. The third-order valence-electron chi connectivity index (χ3n) is 3.08. The molecule has 8 nitrogen and oxygen atoms in total. The van der Waals surface area contributed by atoms with Crippen LogP contribution in [-0.4, -0.2) is 48.5 Å². The van der Waals surface area contributed by atoms with Gasteiger partial charge in [-0.05, 0) is 0 Å². The number of nitrogens with two attached hydrogens (primary N) is 1. The summed E-state index contributed by atoms with van der Waals surface area (Å²) in [7, 11) is 0. The zero-order valence-electron chi connectivity index (χ0n) is 9.47. The Morgan fingerprint density at radius 1 is 1.44 bits per heavy atom. The molecular weight excluding hydrogens is 239 g/mol. The van der Waals surface area contributed by atoms with Gasteiger partial charge in [0.25, 0.3) is 0 Å². The van der Waals surface area contributed by atoms with Crippen LogP contribution in [0.2, 0.25) is 0 Å². The normalized spacial score (nSPS) is 28.0. The summed E-state index contributed by atoms with van der Waals surface area (Å²) >= 11 is 0. The quantitative estimate of drug-likeness (QED) is 0.630. The zero-order chi connectivity index (χ0) is 12.7. The van der Waals surface area contributed by atoms with E-state index in [4.69, 9.17) is 15.6 Å². The van der Waals surface area contributed by atoms with Gasteiger partial charge in [-0.2, -0.15) is 0 Å². The summed E-state index contributed by atoms with van der Waals surface area (Å²) in [5, 5.41) is 18.8. The molecule has 0 aliphatic carbocycles. The number of aliphatic hydroxyl groups excluding tert-OH is 2. The highest BCUT2D eigenvalue weighted by Crippen LogP contribution is 2.30. The fourth-order valence-electron chi connectivity index (χ4n) is 2.13. The SMILES string of the molecule is Nc1ncnc2c1[15n]cn2[C@H]1C[C@H](O)[C@@H](CO)O1. The van der Waals surface area contributed by atoms with E-state index in [0.29, 0.717) is 23.4 Å². The van der Waals surface area contributed by atoms with Gasteiger partial charge in [0, 0.05) is 6.42 Å². The first-order valence-electron chi connectivity index (χ1n) is 5.58.